The smallest absolute Gasteiger partial charge is 0.221 e. The first-order valence-electron chi connectivity index (χ1n) is 7.22. The molecule has 1 heterocycles. The van der Waals surface area contributed by atoms with Crippen molar-refractivity contribution in [3.63, 3.8) is 0 Å². The summed E-state index contributed by atoms with van der Waals surface area (Å²) in [6.07, 6.45) is 1.33. The van der Waals surface area contributed by atoms with Crippen LogP contribution in [0.1, 0.15) is 28.5 Å². The standard InChI is InChI=1S/C17H22N2OS.ClH/c1-13-9-11-21-17(13)15(19-16(20)8-10-18-2)12-14-6-4-3-5-7-14;/h3-7,9,11,15,18H,8,10,12H2,1-2H3,(H,19,20);1H. The van der Waals surface area contributed by atoms with Gasteiger partial charge in [0.2, 0.25) is 5.91 Å². The van der Waals surface area contributed by atoms with Gasteiger partial charge in [0.25, 0.3) is 0 Å². The summed E-state index contributed by atoms with van der Waals surface area (Å²) in [6.45, 7) is 2.80. The molecule has 0 spiro atoms. The van der Waals surface area contributed by atoms with Gasteiger partial charge in [0.15, 0.2) is 0 Å². The lowest BCUT2D eigenvalue weighted by molar-refractivity contribution is -0.121. The van der Waals surface area contributed by atoms with Crippen LogP contribution in [-0.4, -0.2) is 19.5 Å². The van der Waals surface area contributed by atoms with Gasteiger partial charge in [-0.1, -0.05) is 30.3 Å². The first-order chi connectivity index (χ1) is 10.2. The van der Waals surface area contributed by atoms with Gasteiger partial charge in [0, 0.05) is 17.8 Å². The fourth-order valence-corrected chi connectivity index (χ4v) is 3.28. The Labute approximate surface area is 142 Å². The molecule has 22 heavy (non-hydrogen) atoms. The van der Waals surface area contributed by atoms with Crippen molar-refractivity contribution in [2.24, 2.45) is 0 Å². The molecule has 0 aliphatic heterocycles. The summed E-state index contributed by atoms with van der Waals surface area (Å²) in [5, 5.41) is 8.27. The monoisotopic (exact) mass is 338 g/mol. The minimum absolute atomic E-state index is 0. The molecule has 2 rings (SSSR count). The number of hydrogen-bond acceptors (Lipinski definition) is 3. The number of thiophene rings is 1. The van der Waals surface area contributed by atoms with Crippen molar-refractivity contribution in [3.8, 4) is 0 Å². The molecular weight excluding hydrogens is 316 g/mol. The highest BCUT2D eigenvalue weighted by Crippen LogP contribution is 2.27. The van der Waals surface area contributed by atoms with E-state index in [2.05, 4.69) is 41.1 Å². The van der Waals surface area contributed by atoms with Crippen molar-refractivity contribution in [3.05, 3.63) is 57.8 Å². The highest BCUT2D eigenvalue weighted by atomic mass is 35.5. The molecule has 2 N–H and O–H groups in total. The van der Waals surface area contributed by atoms with Gasteiger partial charge in [0.1, 0.15) is 0 Å². The van der Waals surface area contributed by atoms with Crippen LogP contribution in [0.15, 0.2) is 41.8 Å². The minimum Gasteiger partial charge on any atom is -0.348 e. The van der Waals surface area contributed by atoms with Gasteiger partial charge in [0.05, 0.1) is 6.04 Å². The van der Waals surface area contributed by atoms with E-state index < -0.39 is 0 Å². The Morgan fingerprint density at radius 3 is 2.55 bits per heavy atom. The molecule has 3 nitrogen and oxygen atoms in total. The molecule has 1 aromatic carbocycles. The Hall–Kier alpha value is -1.36. The number of nitrogens with one attached hydrogen (secondary N) is 2. The maximum Gasteiger partial charge on any atom is 0.221 e. The topological polar surface area (TPSA) is 41.1 Å². The second-order valence-electron chi connectivity index (χ2n) is 5.13. The van der Waals surface area contributed by atoms with E-state index in [9.17, 15) is 4.79 Å². The summed E-state index contributed by atoms with van der Waals surface area (Å²) < 4.78 is 0. The summed E-state index contributed by atoms with van der Waals surface area (Å²) in [7, 11) is 1.86. The van der Waals surface area contributed by atoms with E-state index in [1.54, 1.807) is 11.3 Å². The fraction of sp³-hybridized carbons (Fsp3) is 0.353. The van der Waals surface area contributed by atoms with Crippen molar-refractivity contribution in [2.45, 2.75) is 25.8 Å². The molecule has 0 saturated heterocycles. The molecule has 0 radical (unpaired) electrons. The number of amides is 1. The van der Waals surface area contributed by atoms with Crippen LogP contribution in [0.25, 0.3) is 0 Å². The zero-order valence-electron chi connectivity index (χ0n) is 13.0. The van der Waals surface area contributed by atoms with Crippen LogP contribution < -0.4 is 10.6 Å². The highest BCUT2D eigenvalue weighted by molar-refractivity contribution is 7.10. The van der Waals surface area contributed by atoms with Gasteiger partial charge >= 0.3 is 0 Å². The van der Waals surface area contributed by atoms with Crippen molar-refractivity contribution in [1.29, 1.82) is 0 Å². The maximum atomic E-state index is 12.1. The normalized spacial score (nSPS) is 11.5. The third kappa shape index (κ3) is 5.44. The third-order valence-corrected chi connectivity index (χ3v) is 4.57. The second-order valence-corrected chi connectivity index (χ2v) is 6.08. The molecule has 0 aliphatic rings. The number of hydrogen-bond donors (Lipinski definition) is 2. The Balaban J connectivity index is 0.00000242. The predicted octanol–water partition coefficient (Wildman–Crippen LogP) is 3.49. The van der Waals surface area contributed by atoms with E-state index in [1.807, 2.05) is 25.2 Å². The van der Waals surface area contributed by atoms with Crippen LogP contribution in [0.3, 0.4) is 0 Å². The van der Waals surface area contributed by atoms with Crippen LogP contribution in [-0.2, 0) is 11.2 Å². The van der Waals surface area contributed by atoms with Gasteiger partial charge in [-0.05, 0) is 43.0 Å². The number of rotatable bonds is 7. The Kier molecular flexibility index (Phi) is 8.17. The molecule has 0 saturated carbocycles. The SMILES string of the molecule is CNCCC(=O)NC(Cc1ccccc1)c1sccc1C.Cl. The first kappa shape index (κ1) is 18.7. The van der Waals surface area contributed by atoms with E-state index in [0.29, 0.717) is 13.0 Å². The number of aryl methyl sites for hydroxylation is 1. The van der Waals surface area contributed by atoms with Crippen molar-refractivity contribution in [2.75, 3.05) is 13.6 Å². The van der Waals surface area contributed by atoms with E-state index in [1.165, 1.54) is 16.0 Å². The zero-order valence-corrected chi connectivity index (χ0v) is 14.6. The third-order valence-electron chi connectivity index (χ3n) is 3.44. The van der Waals surface area contributed by atoms with Crippen LogP contribution in [0.4, 0.5) is 0 Å². The lowest BCUT2D eigenvalue weighted by atomic mass is 10.0. The zero-order chi connectivity index (χ0) is 15.1. The number of benzene rings is 1. The van der Waals surface area contributed by atoms with Crippen molar-refractivity contribution >= 4 is 29.7 Å². The molecule has 0 bridgehead atoms. The molecule has 1 unspecified atom stereocenters. The summed E-state index contributed by atoms with van der Waals surface area (Å²) in [4.78, 5) is 13.3. The highest BCUT2D eigenvalue weighted by Gasteiger charge is 2.18. The van der Waals surface area contributed by atoms with Crippen molar-refractivity contribution in [1.82, 2.24) is 10.6 Å². The van der Waals surface area contributed by atoms with E-state index in [0.717, 1.165) is 6.42 Å². The molecule has 5 heteroatoms. The number of carbonyl (C=O) groups excluding carboxylic acids is 1. The van der Waals surface area contributed by atoms with Gasteiger partial charge in [-0.2, -0.15) is 0 Å². The average Bonchev–Trinajstić information content (AvgIpc) is 2.91. The largest absolute Gasteiger partial charge is 0.348 e. The molecular formula is C17H23ClN2OS. The molecule has 0 fully saturated rings. The van der Waals surface area contributed by atoms with Crippen LogP contribution in [0, 0.1) is 6.92 Å². The molecule has 120 valence electrons. The summed E-state index contributed by atoms with van der Waals surface area (Å²) in [5.74, 6) is 0.0954. The minimum atomic E-state index is 0. The van der Waals surface area contributed by atoms with Gasteiger partial charge < -0.3 is 10.6 Å². The Morgan fingerprint density at radius 1 is 1.23 bits per heavy atom. The summed E-state index contributed by atoms with van der Waals surface area (Å²) in [5.41, 5.74) is 2.49. The maximum absolute atomic E-state index is 12.1. The quantitative estimate of drug-likeness (QED) is 0.811. The second kappa shape index (κ2) is 9.62. The predicted molar refractivity (Wildman–Crippen MR) is 95.9 cm³/mol. The number of halogens is 1. The average molecular weight is 339 g/mol. The Bertz CT molecular complexity index is 571. The van der Waals surface area contributed by atoms with E-state index in [4.69, 9.17) is 0 Å². The first-order valence-corrected chi connectivity index (χ1v) is 8.10. The lowest BCUT2D eigenvalue weighted by Gasteiger charge is -2.19. The van der Waals surface area contributed by atoms with E-state index >= 15 is 0 Å². The van der Waals surface area contributed by atoms with E-state index in [-0.39, 0.29) is 24.4 Å². The molecule has 2 aromatic rings. The molecule has 1 amide bonds. The van der Waals surface area contributed by atoms with Crippen LogP contribution >= 0.6 is 23.7 Å². The summed E-state index contributed by atoms with van der Waals surface area (Å²) in [6, 6.07) is 12.5. The van der Waals surface area contributed by atoms with Gasteiger partial charge in [-0.3, -0.25) is 4.79 Å². The van der Waals surface area contributed by atoms with Crippen LogP contribution in [0.2, 0.25) is 0 Å². The molecule has 1 aromatic heterocycles. The molecule has 0 aliphatic carbocycles. The van der Waals surface area contributed by atoms with Gasteiger partial charge in [-0.15, -0.1) is 23.7 Å². The van der Waals surface area contributed by atoms with Gasteiger partial charge in [-0.25, -0.2) is 0 Å². The summed E-state index contributed by atoms with van der Waals surface area (Å²) >= 11 is 1.71. The van der Waals surface area contributed by atoms with Crippen LogP contribution in [0.5, 0.6) is 0 Å². The molecule has 1 atom stereocenters. The number of carbonyl (C=O) groups is 1. The van der Waals surface area contributed by atoms with Crippen molar-refractivity contribution < 1.29 is 4.79 Å². The lowest BCUT2D eigenvalue weighted by Crippen LogP contribution is -2.31. The Morgan fingerprint density at radius 2 is 1.95 bits per heavy atom. The fourth-order valence-electron chi connectivity index (χ4n) is 2.31.